The molecule has 0 N–H and O–H groups in total. The van der Waals surface area contributed by atoms with Gasteiger partial charge in [0, 0.05) is 12.8 Å². The van der Waals surface area contributed by atoms with Crippen LogP contribution in [0.4, 0.5) is 0 Å². The van der Waals surface area contributed by atoms with Crippen LogP contribution >= 0.6 is 0 Å². The highest BCUT2D eigenvalue weighted by molar-refractivity contribution is 6.01. The number of rotatable bonds is 5. The largest absolute Gasteiger partial charge is 0.399 e. The van der Waals surface area contributed by atoms with Crippen LogP contribution in [0, 0.1) is 0 Å². The minimum absolute atomic E-state index is 0.152. The SMILES string of the molecule is CON=C(C)CC(=O)Cc1ccccc1. The van der Waals surface area contributed by atoms with E-state index >= 15 is 0 Å². The van der Waals surface area contributed by atoms with E-state index in [0.29, 0.717) is 18.6 Å². The number of ketones is 1. The third-order valence-corrected chi connectivity index (χ3v) is 1.94. The molecule has 80 valence electrons. The fraction of sp³-hybridized carbons (Fsp3) is 0.333. The topological polar surface area (TPSA) is 38.7 Å². The van der Waals surface area contributed by atoms with E-state index in [2.05, 4.69) is 9.99 Å². The highest BCUT2D eigenvalue weighted by Gasteiger charge is 2.05. The summed E-state index contributed by atoms with van der Waals surface area (Å²) in [7, 11) is 1.48. The Kier molecular flexibility index (Phi) is 4.54. The lowest BCUT2D eigenvalue weighted by molar-refractivity contribution is -0.117. The van der Waals surface area contributed by atoms with Crippen molar-refractivity contribution in [1.82, 2.24) is 0 Å². The van der Waals surface area contributed by atoms with Gasteiger partial charge in [0.2, 0.25) is 0 Å². The molecule has 0 radical (unpaired) electrons. The zero-order valence-electron chi connectivity index (χ0n) is 9.06. The van der Waals surface area contributed by atoms with Crippen LogP contribution < -0.4 is 0 Å². The Morgan fingerprint density at radius 1 is 1.33 bits per heavy atom. The van der Waals surface area contributed by atoms with Crippen molar-refractivity contribution in [3.05, 3.63) is 35.9 Å². The molecule has 0 atom stereocenters. The number of Topliss-reactive ketones (excluding diaryl/α,β-unsaturated/α-hetero) is 1. The first-order chi connectivity index (χ1) is 7.22. The molecule has 0 saturated carbocycles. The molecule has 0 bridgehead atoms. The predicted molar refractivity (Wildman–Crippen MR) is 59.9 cm³/mol. The third kappa shape index (κ3) is 4.40. The Balaban J connectivity index is 2.47. The van der Waals surface area contributed by atoms with Gasteiger partial charge in [-0.25, -0.2) is 0 Å². The second-order valence-electron chi connectivity index (χ2n) is 3.39. The first-order valence-electron chi connectivity index (χ1n) is 4.84. The van der Waals surface area contributed by atoms with Gasteiger partial charge in [-0.2, -0.15) is 0 Å². The number of oxime groups is 1. The van der Waals surface area contributed by atoms with E-state index < -0.39 is 0 Å². The molecule has 0 aromatic heterocycles. The summed E-state index contributed by atoms with van der Waals surface area (Å²) in [4.78, 5) is 16.2. The average Bonchev–Trinajstić information content (AvgIpc) is 2.19. The Morgan fingerprint density at radius 3 is 2.60 bits per heavy atom. The van der Waals surface area contributed by atoms with E-state index in [1.807, 2.05) is 30.3 Å². The maximum absolute atomic E-state index is 11.6. The first kappa shape index (κ1) is 11.4. The van der Waals surface area contributed by atoms with E-state index in [0.717, 1.165) is 5.56 Å². The van der Waals surface area contributed by atoms with Crippen LogP contribution in [0.5, 0.6) is 0 Å². The molecule has 0 amide bonds. The van der Waals surface area contributed by atoms with E-state index in [4.69, 9.17) is 0 Å². The van der Waals surface area contributed by atoms with Gasteiger partial charge in [0.05, 0.1) is 5.71 Å². The number of hydrogen-bond donors (Lipinski definition) is 0. The van der Waals surface area contributed by atoms with Gasteiger partial charge < -0.3 is 4.84 Å². The Hall–Kier alpha value is -1.64. The number of hydrogen-bond acceptors (Lipinski definition) is 3. The Labute approximate surface area is 89.7 Å². The number of carbonyl (C=O) groups excluding carboxylic acids is 1. The van der Waals surface area contributed by atoms with E-state index in [-0.39, 0.29) is 5.78 Å². The molecule has 1 rings (SSSR count). The summed E-state index contributed by atoms with van der Waals surface area (Å²) < 4.78 is 0. The maximum atomic E-state index is 11.6. The van der Waals surface area contributed by atoms with Gasteiger partial charge in [0.25, 0.3) is 0 Å². The zero-order valence-corrected chi connectivity index (χ0v) is 9.06. The average molecular weight is 205 g/mol. The molecule has 3 nitrogen and oxygen atoms in total. The van der Waals surface area contributed by atoms with Crippen molar-refractivity contribution in [2.24, 2.45) is 5.16 Å². The number of nitrogens with zero attached hydrogens (tertiary/aromatic N) is 1. The lowest BCUT2D eigenvalue weighted by atomic mass is 10.1. The number of carbonyl (C=O) groups is 1. The summed E-state index contributed by atoms with van der Waals surface area (Å²) in [6.07, 6.45) is 0.806. The molecular formula is C12H15NO2. The Bertz CT molecular complexity index is 344. The smallest absolute Gasteiger partial charge is 0.142 e. The molecule has 0 aliphatic carbocycles. The van der Waals surface area contributed by atoms with E-state index in [1.165, 1.54) is 7.11 Å². The van der Waals surface area contributed by atoms with E-state index in [9.17, 15) is 4.79 Å². The molecule has 3 heteroatoms. The van der Waals surface area contributed by atoms with Crippen LogP contribution in [-0.4, -0.2) is 18.6 Å². The van der Waals surface area contributed by atoms with Gasteiger partial charge in [-0.05, 0) is 12.5 Å². The van der Waals surface area contributed by atoms with Crippen molar-refractivity contribution in [3.63, 3.8) is 0 Å². The van der Waals surface area contributed by atoms with Crippen LogP contribution in [-0.2, 0) is 16.1 Å². The van der Waals surface area contributed by atoms with Gasteiger partial charge in [0.15, 0.2) is 0 Å². The van der Waals surface area contributed by atoms with Crippen molar-refractivity contribution in [2.45, 2.75) is 19.8 Å². The van der Waals surface area contributed by atoms with Gasteiger partial charge in [-0.15, -0.1) is 0 Å². The van der Waals surface area contributed by atoms with Crippen molar-refractivity contribution >= 4 is 11.5 Å². The minimum atomic E-state index is 0.152. The van der Waals surface area contributed by atoms with Crippen LogP contribution in [0.25, 0.3) is 0 Å². The molecule has 0 aliphatic rings. The summed E-state index contributed by atoms with van der Waals surface area (Å²) in [6.45, 7) is 1.78. The maximum Gasteiger partial charge on any atom is 0.142 e. The molecule has 15 heavy (non-hydrogen) atoms. The monoisotopic (exact) mass is 205 g/mol. The van der Waals surface area contributed by atoms with Gasteiger partial charge in [-0.3, -0.25) is 4.79 Å². The molecule has 0 fully saturated rings. The van der Waals surface area contributed by atoms with Crippen LogP contribution in [0.2, 0.25) is 0 Å². The highest BCUT2D eigenvalue weighted by Crippen LogP contribution is 2.02. The molecule has 1 aromatic carbocycles. The molecule has 0 spiro atoms. The molecular weight excluding hydrogens is 190 g/mol. The fourth-order valence-electron chi connectivity index (χ4n) is 1.36. The van der Waals surface area contributed by atoms with Crippen molar-refractivity contribution in [2.75, 3.05) is 7.11 Å². The molecule has 0 unspecified atom stereocenters. The van der Waals surface area contributed by atoms with Crippen LogP contribution in [0.15, 0.2) is 35.5 Å². The lowest BCUT2D eigenvalue weighted by Crippen LogP contribution is -2.08. The first-order valence-corrected chi connectivity index (χ1v) is 4.84. The summed E-state index contributed by atoms with van der Waals surface area (Å²) in [5.41, 5.74) is 1.74. The normalized spacial score (nSPS) is 11.2. The minimum Gasteiger partial charge on any atom is -0.399 e. The van der Waals surface area contributed by atoms with Crippen molar-refractivity contribution in [3.8, 4) is 0 Å². The standard InChI is InChI=1S/C12H15NO2/c1-10(13-15-2)8-12(14)9-11-6-4-3-5-7-11/h3-7H,8-9H2,1-2H3. The van der Waals surface area contributed by atoms with Gasteiger partial charge >= 0.3 is 0 Å². The molecule has 0 aliphatic heterocycles. The van der Waals surface area contributed by atoms with Gasteiger partial charge in [0.1, 0.15) is 12.9 Å². The predicted octanol–water partition coefficient (Wildman–Crippen LogP) is 2.21. The summed E-state index contributed by atoms with van der Waals surface area (Å²) in [6, 6.07) is 9.68. The van der Waals surface area contributed by atoms with E-state index in [1.54, 1.807) is 6.92 Å². The lowest BCUT2D eigenvalue weighted by Gasteiger charge is -2.00. The van der Waals surface area contributed by atoms with Gasteiger partial charge in [-0.1, -0.05) is 35.5 Å². The zero-order chi connectivity index (χ0) is 11.1. The van der Waals surface area contributed by atoms with Crippen molar-refractivity contribution in [1.29, 1.82) is 0 Å². The third-order valence-electron chi connectivity index (χ3n) is 1.94. The Morgan fingerprint density at radius 2 is 2.00 bits per heavy atom. The summed E-state index contributed by atoms with van der Waals surface area (Å²) in [5, 5.41) is 3.70. The molecule has 1 aromatic rings. The van der Waals surface area contributed by atoms with Crippen LogP contribution in [0.3, 0.4) is 0 Å². The van der Waals surface area contributed by atoms with Crippen LogP contribution in [0.1, 0.15) is 18.9 Å². The second kappa shape index (κ2) is 5.96. The summed E-state index contributed by atoms with van der Waals surface area (Å²) >= 11 is 0. The number of benzene rings is 1. The fourth-order valence-corrected chi connectivity index (χ4v) is 1.36. The quantitative estimate of drug-likeness (QED) is 0.546. The summed E-state index contributed by atoms with van der Waals surface area (Å²) in [5.74, 6) is 0.152. The second-order valence-corrected chi connectivity index (χ2v) is 3.39. The van der Waals surface area contributed by atoms with Crippen molar-refractivity contribution < 1.29 is 9.63 Å². The molecule has 0 heterocycles. The highest BCUT2D eigenvalue weighted by atomic mass is 16.6. The molecule has 0 saturated heterocycles.